The summed E-state index contributed by atoms with van der Waals surface area (Å²) >= 11 is 0. The standard InChI is InChI=1S/C18H25N5O2/c1-12(2)9-15(18-19-11-20-23(18)4)22-17(25)10-16(24)21-14-8-6-5-7-13(14)3/h5-8,11-12,15H,9-10H2,1-4H3,(H,21,24)(H,22,25). The molecule has 25 heavy (non-hydrogen) atoms. The fourth-order valence-corrected chi connectivity index (χ4v) is 2.62. The highest BCUT2D eigenvalue weighted by molar-refractivity contribution is 6.03. The van der Waals surface area contributed by atoms with Gasteiger partial charge in [0.25, 0.3) is 0 Å². The van der Waals surface area contributed by atoms with Crippen LogP contribution in [0, 0.1) is 12.8 Å². The van der Waals surface area contributed by atoms with Crippen molar-refractivity contribution in [2.75, 3.05) is 5.32 Å². The molecule has 2 N–H and O–H groups in total. The van der Waals surface area contributed by atoms with Crippen LogP contribution in [-0.2, 0) is 16.6 Å². The summed E-state index contributed by atoms with van der Waals surface area (Å²) in [4.78, 5) is 28.6. The summed E-state index contributed by atoms with van der Waals surface area (Å²) < 4.78 is 1.64. The molecular weight excluding hydrogens is 318 g/mol. The van der Waals surface area contributed by atoms with E-state index in [1.165, 1.54) is 6.33 Å². The molecule has 0 spiro atoms. The molecule has 0 radical (unpaired) electrons. The average Bonchev–Trinajstić information content (AvgIpc) is 2.94. The van der Waals surface area contributed by atoms with E-state index < -0.39 is 0 Å². The van der Waals surface area contributed by atoms with Gasteiger partial charge in [0.2, 0.25) is 11.8 Å². The highest BCUT2D eigenvalue weighted by atomic mass is 16.2. The molecule has 7 heteroatoms. The molecule has 7 nitrogen and oxygen atoms in total. The number of nitrogens with zero attached hydrogens (tertiary/aromatic N) is 3. The molecule has 2 rings (SSSR count). The fraction of sp³-hybridized carbons (Fsp3) is 0.444. The van der Waals surface area contributed by atoms with E-state index >= 15 is 0 Å². The predicted molar refractivity (Wildman–Crippen MR) is 95.8 cm³/mol. The first-order valence-electron chi connectivity index (χ1n) is 8.35. The first kappa shape index (κ1) is 18.6. The van der Waals surface area contributed by atoms with Gasteiger partial charge in [0.1, 0.15) is 18.6 Å². The number of rotatable bonds is 7. The van der Waals surface area contributed by atoms with Crippen LogP contribution in [0.15, 0.2) is 30.6 Å². The van der Waals surface area contributed by atoms with Crippen LogP contribution in [0.4, 0.5) is 5.69 Å². The Hall–Kier alpha value is -2.70. The Morgan fingerprint density at radius 1 is 1.20 bits per heavy atom. The van der Waals surface area contributed by atoms with Gasteiger partial charge in [-0.25, -0.2) is 4.98 Å². The number of anilines is 1. The Balaban J connectivity index is 1.98. The number of carbonyl (C=O) groups excluding carboxylic acids is 2. The Kier molecular flexibility index (Phi) is 6.27. The first-order valence-corrected chi connectivity index (χ1v) is 8.35. The smallest absolute Gasteiger partial charge is 0.233 e. The molecule has 0 fully saturated rings. The van der Waals surface area contributed by atoms with Crippen molar-refractivity contribution in [3.05, 3.63) is 42.0 Å². The highest BCUT2D eigenvalue weighted by Crippen LogP contribution is 2.19. The third-order valence-electron chi connectivity index (χ3n) is 3.84. The van der Waals surface area contributed by atoms with Crippen LogP contribution in [0.5, 0.6) is 0 Å². The maximum atomic E-state index is 12.3. The van der Waals surface area contributed by atoms with Gasteiger partial charge in [-0.2, -0.15) is 5.10 Å². The molecular formula is C18H25N5O2. The summed E-state index contributed by atoms with van der Waals surface area (Å²) in [6, 6.07) is 7.19. The quantitative estimate of drug-likeness (QED) is 0.755. The van der Waals surface area contributed by atoms with Gasteiger partial charge in [0.05, 0.1) is 6.04 Å². The second-order valence-electron chi connectivity index (χ2n) is 6.53. The van der Waals surface area contributed by atoms with Gasteiger partial charge in [-0.1, -0.05) is 32.0 Å². The molecule has 1 atom stereocenters. The van der Waals surface area contributed by atoms with Crippen molar-refractivity contribution in [3.8, 4) is 0 Å². The molecule has 1 heterocycles. The van der Waals surface area contributed by atoms with Crippen molar-refractivity contribution in [2.24, 2.45) is 13.0 Å². The molecule has 0 saturated heterocycles. The zero-order valence-corrected chi connectivity index (χ0v) is 15.1. The number of amides is 2. The summed E-state index contributed by atoms with van der Waals surface area (Å²) in [5.41, 5.74) is 1.67. The van der Waals surface area contributed by atoms with Crippen LogP contribution >= 0.6 is 0 Å². The largest absolute Gasteiger partial charge is 0.346 e. The van der Waals surface area contributed by atoms with E-state index in [9.17, 15) is 9.59 Å². The van der Waals surface area contributed by atoms with Gasteiger partial charge in [0, 0.05) is 12.7 Å². The van der Waals surface area contributed by atoms with Gasteiger partial charge in [-0.05, 0) is 30.9 Å². The summed E-state index contributed by atoms with van der Waals surface area (Å²) in [5.74, 6) is 0.372. The van der Waals surface area contributed by atoms with E-state index in [1.807, 2.05) is 31.2 Å². The van der Waals surface area contributed by atoms with Gasteiger partial charge in [-0.3, -0.25) is 14.3 Å². The average molecular weight is 343 g/mol. The number of carbonyl (C=O) groups is 2. The van der Waals surface area contributed by atoms with Crippen LogP contribution in [0.2, 0.25) is 0 Å². The van der Waals surface area contributed by atoms with Crippen molar-refractivity contribution < 1.29 is 9.59 Å². The first-order chi connectivity index (χ1) is 11.9. The Morgan fingerprint density at radius 3 is 2.52 bits per heavy atom. The molecule has 1 aromatic heterocycles. The SMILES string of the molecule is Cc1ccccc1NC(=O)CC(=O)NC(CC(C)C)c1ncnn1C. The minimum Gasteiger partial charge on any atom is -0.346 e. The molecule has 0 aliphatic rings. The number of aromatic nitrogens is 3. The Labute approximate surface area is 147 Å². The fourth-order valence-electron chi connectivity index (χ4n) is 2.62. The maximum absolute atomic E-state index is 12.3. The second-order valence-corrected chi connectivity index (χ2v) is 6.53. The summed E-state index contributed by atoms with van der Waals surface area (Å²) in [5, 5.41) is 9.72. The van der Waals surface area contributed by atoms with Crippen molar-refractivity contribution in [2.45, 2.75) is 39.7 Å². The zero-order chi connectivity index (χ0) is 18.4. The molecule has 1 aromatic carbocycles. The van der Waals surface area contributed by atoms with E-state index in [2.05, 4.69) is 34.6 Å². The highest BCUT2D eigenvalue weighted by Gasteiger charge is 2.21. The monoisotopic (exact) mass is 343 g/mol. The summed E-state index contributed by atoms with van der Waals surface area (Å²) in [6.45, 7) is 6.04. The minimum absolute atomic E-state index is 0.235. The van der Waals surface area contributed by atoms with E-state index in [4.69, 9.17) is 0 Å². The van der Waals surface area contributed by atoms with Crippen molar-refractivity contribution in [3.63, 3.8) is 0 Å². The zero-order valence-electron chi connectivity index (χ0n) is 15.1. The maximum Gasteiger partial charge on any atom is 0.233 e. The van der Waals surface area contributed by atoms with E-state index in [0.717, 1.165) is 12.0 Å². The third-order valence-corrected chi connectivity index (χ3v) is 3.84. The lowest BCUT2D eigenvalue weighted by atomic mass is 10.0. The van der Waals surface area contributed by atoms with Crippen molar-refractivity contribution in [1.29, 1.82) is 0 Å². The second kappa shape index (κ2) is 8.41. The number of hydrogen-bond donors (Lipinski definition) is 2. The topological polar surface area (TPSA) is 88.9 Å². The molecule has 0 aliphatic heterocycles. The van der Waals surface area contributed by atoms with Gasteiger partial charge in [0.15, 0.2) is 0 Å². The van der Waals surface area contributed by atoms with E-state index in [0.29, 0.717) is 17.4 Å². The lowest BCUT2D eigenvalue weighted by Gasteiger charge is -2.19. The number of nitrogens with one attached hydrogen (secondary N) is 2. The van der Waals surface area contributed by atoms with Crippen LogP contribution in [0.25, 0.3) is 0 Å². The third kappa shape index (κ3) is 5.41. The molecule has 1 unspecified atom stereocenters. The molecule has 0 aliphatic carbocycles. The Morgan fingerprint density at radius 2 is 1.92 bits per heavy atom. The van der Waals surface area contributed by atoms with E-state index in [1.54, 1.807) is 11.7 Å². The number of benzene rings is 1. The number of para-hydroxylation sites is 1. The normalized spacial score (nSPS) is 12.0. The summed E-state index contributed by atoms with van der Waals surface area (Å²) in [7, 11) is 1.78. The predicted octanol–water partition coefficient (Wildman–Crippen LogP) is 2.36. The van der Waals surface area contributed by atoms with Crippen molar-refractivity contribution >= 4 is 17.5 Å². The van der Waals surface area contributed by atoms with Crippen molar-refractivity contribution in [1.82, 2.24) is 20.1 Å². The molecule has 2 aromatic rings. The molecule has 0 bridgehead atoms. The lowest BCUT2D eigenvalue weighted by molar-refractivity contribution is -0.127. The molecule has 2 amide bonds. The Bertz CT molecular complexity index is 739. The van der Waals surface area contributed by atoms with Crippen LogP contribution < -0.4 is 10.6 Å². The molecule has 0 saturated carbocycles. The van der Waals surface area contributed by atoms with Gasteiger partial charge >= 0.3 is 0 Å². The minimum atomic E-state index is -0.340. The van der Waals surface area contributed by atoms with Crippen LogP contribution in [0.3, 0.4) is 0 Å². The lowest BCUT2D eigenvalue weighted by Crippen LogP contribution is -2.33. The van der Waals surface area contributed by atoms with Gasteiger partial charge < -0.3 is 10.6 Å². The van der Waals surface area contributed by atoms with E-state index in [-0.39, 0.29) is 24.3 Å². The van der Waals surface area contributed by atoms with Gasteiger partial charge in [-0.15, -0.1) is 0 Å². The van der Waals surface area contributed by atoms with Crippen LogP contribution in [0.1, 0.15) is 44.1 Å². The molecule has 134 valence electrons. The van der Waals surface area contributed by atoms with Crippen LogP contribution in [-0.4, -0.2) is 26.6 Å². The number of hydrogen-bond acceptors (Lipinski definition) is 4. The number of aryl methyl sites for hydroxylation is 2. The summed E-state index contributed by atoms with van der Waals surface area (Å²) in [6.07, 6.45) is 1.94.